The lowest BCUT2D eigenvalue weighted by atomic mass is 9.58. The molecule has 3 aromatic carbocycles. The number of nitrogens with one attached hydrogen (secondary N) is 1. The topological polar surface area (TPSA) is 32.3 Å². The van der Waals surface area contributed by atoms with Gasteiger partial charge in [0.05, 0.1) is 6.42 Å². The van der Waals surface area contributed by atoms with Gasteiger partial charge >= 0.3 is 0 Å². The van der Waals surface area contributed by atoms with Gasteiger partial charge in [0.15, 0.2) is 7.28 Å². The standard InChI is InChI=1S/C28H33BN2O/c32-27(19-23-11-4-1-5-12-23)30-20-24-13-10-18-31(21-24)22-29-28(25-14-6-2-7-15-25)26-16-8-3-9-17-26/h1-9,11-12,14-17,24,28-29H,10,13,18-22H2,(H,30,32). The zero-order chi connectivity index (χ0) is 22.0. The van der Waals surface area contributed by atoms with E-state index >= 15 is 0 Å². The number of rotatable bonds is 9. The third-order valence-corrected chi connectivity index (χ3v) is 6.54. The fourth-order valence-electron chi connectivity index (χ4n) is 4.83. The molecule has 1 heterocycles. The van der Waals surface area contributed by atoms with Gasteiger partial charge in [0.25, 0.3) is 0 Å². The van der Waals surface area contributed by atoms with Crippen molar-refractivity contribution in [2.75, 3.05) is 26.1 Å². The predicted molar refractivity (Wildman–Crippen MR) is 134 cm³/mol. The van der Waals surface area contributed by atoms with E-state index in [9.17, 15) is 4.79 Å². The quantitative estimate of drug-likeness (QED) is 0.521. The average Bonchev–Trinajstić information content (AvgIpc) is 2.85. The van der Waals surface area contributed by atoms with E-state index in [1.54, 1.807) is 0 Å². The lowest BCUT2D eigenvalue weighted by Gasteiger charge is -2.33. The maximum atomic E-state index is 12.3. The van der Waals surface area contributed by atoms with E-state index in [4.69, 9.17) is 0 Å². The van der Waals surface area contributed by atoms with Crippen LogP contribution in [0.4, 0.5) is 0 Å². The van der Waals surface area contributed by atoms with Crippen LogP contribution < -0.4 is 5.32 Å². The van der Waals surface area contributed by atoms with E-state index in [0.717, 1.165) is 38.9 Å². The normalized spacial score (nSPS) is 16.6. The van der Waals surface area contributed by atoms with Crippen LogP contribution in [-0.2, 0) is 11.2 Å². The van der Waals surface area contributed by atoms with Gasteiger partial charge in [-0.1, -0.05) is 91.0 Å². The molecule has 1 fully saturated rings. The molecule has 1 atom stereocenters. The molecule has 4 heteroatoms. The van der Waals surface area contributed by atoms with Gasteiger partial charge in [0.2, 0.25) is 5.91 Å². The summed E-state index contributed by atoms with van der Waals surface area (Å²) in [5.74, 6) is 1.08. The summed E-state index contributed by atoms with van der Waals surface area (Å²) in [6.07, 6.45) is 3.96. The number of piperidine rings is 1. The molecule has 4 rings (SSSR count). The van der Waals surface area contributed by atoms with Crippen molar-refractivity contribution in [1.29, 1.82) is 0 Å². The van der Waals surface area contributed by atoms with Crippen molar-refractivity contribution in [3.8, 4) is 0 Å². The number of amides is 1. The summed E-state index contributed by atoms with van der Waals surface area (Å²) >= 11 is 0. The van der Waals surface area contributed by atoms with Gasteiger partial charge in [-0.25, -0.2) is 0 Å². The number of carbonyl (C=O) groups excluding carboxylic acids is 1. The first-order valence-corrected chi connectivity index (χ1v) is 11.9. The molecular weight excluding hydrogens is 391 g/mol. The lowest BCUT2D eigenvalue weighted by molar-refractivity contribution is -0.120. The Bertz CT molecular complexity index is 909. The van der Waals surface area contributed by atoms with E-state index in [0.29, 0.717) is 18.2 Å². The molecule has 32 heavy (non-hydrogen) atoms. The molecule has 0 aromatic heterocycles. The van der Waals surface area contributed by atoms with Gasteiger partial charge < -0.3 is 10.2 Å². The summed E-state index contributed by atoms with van der Waals surface area (Å²) in [4.78, 5) is 14.9. The van der Waals surface area contributed by atoms with Gasteiger partial charge in [-0.3, -0.25) is 4.79 Å². The van der Waals surface area contributed by atoms with E-state index in [1.807, 2.05) is 30.3 Å². The number of nitrogens with zero attached hydrogens (tertiary/aromatic N) is 1. The van der Waals surface area contributed by atoms with Crippen molar-refractivity contribution >= 4 is 13.2 Å². The maximum absolute atomic E-state index is 12.3. The van der Waals surface area contributed by atoms with E-state index < -0.39 is 0 Å². The number of likely N-dealkylation sites (tertiary alicyclic amines) is 1. The Labute approximate surface area is 193 Å². The fraction of sp³-hybridized carbons (Fsp3) is 0.321. The minimum Gasteiger partial charge on any atom is -0.355 e. The molecule has 1 aliphatic rings. The summed E-state index contributed by atoms with van der Waals surface area (Å²) in [5.41, 5.74) is 3.85. The molecule has 0 saturated carbocycles. The van der Waals surface area contributed by atoms with Crippen molar-refractivity contribution in [1.82, 2.24) is 10.2 Å². The molecule has 0 spiro atoms. The highest BCUT2D eigenvalue weighted by molar-refractivity contribution is 6.39. The van der Waals surface area contributed by atoms with E-state index in [1.165, 1.54) is 24.0 Å². The molecule has 1 amide bonds. The maximum Gasteiger partial charge on any atom is 0.224 e. The molecule has 1 saturated heterocycles. The largest absolute Gasteiger partial charge is 0.355 e. The zero-order valence-electron chi connectivity index (χ0n) is 18.8. The first kappa shape index (κ1) is 22.4. The fourth-order valence-corrected chi connectivity index (χ4v) is 4.83. The monoisotopic (exact) mass is 424 g/mol. The van der Waals surface area contributed by atoms with E-state index in [2.05, 4.69) is 70.9 Å². The van der Waals surface area contributed by atoms with Crippen LogP contribution in [0.2, 0.25) is 0 Å². The van der Waals surface area contributed by atoms with Gasteiger partial charge in [0.1, 0.15) is 0 Å². The smallest absolute Gasteiger partial charge is 0.224 e. The molecule has 0 bridgehead atoms. The summed E-state index contributed by atoms with van der Waals surface area (Å²) in [5, 5.41) is 3.17. The summed E-state index contributed by atoms with van der Waals surface area (Å²) in [6.45, 7) is 3.01. The molecule has 0 radical (unpaired) electrons. The number of hydrogen-bond donors (Lipinski definition) is 1. The van der Waals surface area contributed by atoms with Crippen LogP contribution in [0.1, 0.15) is 35.3 Å². The summed E-state index contributed by atoms with van der Waals surface area (Å²) < 4.78 is 0. The zero-order valence-corrected chi connectivity index (χ0v) is 18.8. The van der Waals surface area contributed by atoms with Crippen LogP contribution in [0, 0.1) is 5.92 Å². The molecule has 164 valence electrons. The Balaban J connectivity index is 1.29. The third kappa shape index (κ3) is 6.57. The molecule has 1 unspecified atom stereocenters. The number of hydrogen-bond acceptors (Lipinski definition) is 2. The highest BCUT2D eigenvalue weighted by Crippen LogP contribution is 2.24. The minimum atomic E-state index is 0.126. The van der Waals surface area contributed by atoms with Crippen molar-refractivity contribution in [2.24, 2.45) is 5.92 Å². The molecular formula is C28H33BN2O. The third-order valence-electron chi connectivity index (χ3n) is 6.54. The molecule has 1 aliphatic heterocycles. The molecule has 1 N–H and O–H groups in total. The summed E-state index contributed by atoms with van der Waals surface area (Å²) in [6, 6.07) is 31.7. The van der Waals surface area contributed by atoms with Crippen LogP contribution in [0.25, 0.3) is 0 Å². The van der Waals surface area contributed by atoms with Gasteiger partial charge in [-0.2, -0.15) is 0 Å². The van der Waals surface area contributed by atoms with Gasteiger partial charge in [0, 0.05) is 13.1 Å². The second-order valence-electron chi connectivity index (χ2n) is 8.94. The Morgan fingerprint density at radius 3 is 2.12 bits per heavy atom. The second kappa shape index (κ2) is 11.7. The molecule has 0 aliphatic carbocycles. The first-order chi connectivity index (χ1) is 15.8. The SMILES string of the molecule is O=C(Cc1ccccc1)NCC1CCCN(CBC(c2ccccc2)c2ccccc2)C1. The lowest BCUT2D eigenvalue weighted by Crippen LogP contribution is -2.43. The Morgan fingerprint density at radius 1 is 0.906 bits per heavy atom. The summed E-state index contributed by atoms with van der Waals surface area (Å²) in [7, 11) is 1.11. The van der Waals surface area contributed by atoms with Crippen LogP contribution in [0.5, 0.6) is 0 Å². The van der Waals surface area contributed by atoms with Crippen molar-refractivity contribution in [3.05, 3.63) is 108 Å². The second-order valence-corrected chi connectivity index (χ2v) is 8.94. The minimum absolute atomic E-state index is 0.126. The highest BCUT2D eigenvalue weighted by atomic mass is 16.1. The predicted octanol–water partition coefficient (Wildman–Crippen LogP) is 4.24. The van der Waals surface area contributed by atoms with E-state index in [-0.39, 0.29) is 5.91 Å². The Kier molecular flexibility index (Phi) is 8.16. The van der Waals surface area contributed by atoms with Gasteiger partial charge in [-0.15, -0.1) is 0 Å². The number of carbonyl (C=O) groups is 1. The molecule has 3 nitrogen and oxygen atoms in total. The number of benzene rings is 3. The van der Waals surface area contributed by atoms with Crippen LogP contribution in [0.3, 0.4) is 0 Å². The van der Waals surface area contributed by atoms with Crippen molar-refractivity contribution in [3.63, 3.8) is 0 Å². The first-order valence-electron chi connectivity index (χ1n) is 11.9. The highest BCUT2D eigenvalue weighted by Gasteiger charge is 2.23. The molecule has 3 aromatic rings. The van der Waals surface area contributed by atoms with Gasteiger partial charge in [-0.05, 0) is 54.3 Å². The Morgan fingerprint density at radius 2 is 1.50 bits per heavy atom. The Hall–Kier alpha value is -2.85. The van der Waals surface area contributed by atoms with Crippen LogP contribution >= 0.6 is 0 Å². The van der Waals surface area contributed by atoms with Crippen molar-refractivity contribution < 1.29 is 4.79 Å². The average molecular weight is 424 g/mol. The van der Waals surface area contributed by atoms with Crippen LogP contribution in [0.15, 0.2) is 91.0 Å². The van der Waals surface area contributed by atoms with Crippen molar-refractivity contribution in [2.45, 2.75) is 25.1 Å². The van der Waals surface area contributed by atoms with Crippen LogP contribution in [-0.4, -0.2) is 44.2 Å².